The number of fused-ring (bicyclic) bond motifs is 1. The van der Waals surface area contributed by atoms with Crippen LogP contribution in [-0.2, 0) is 4.74 Å². The number of carbonyl (C=O) groups excluding carboxylic acids is 2. The number of nitrogens with one attached hydrogen (secondary N) is 1. The Balaban J connectivity index is 1.85. The number of ether oxygens (including phenoxy) is 2. The quantitative estimate of drug-likeness (QED) is 0.438. The van der Waals surface area contributed by atoms with Crippen LogP contribution in [0.3, 0.4) is 0 Å². The molecule has 2 aromatic carbocycles. The van der Waals surface area contributed by atoms with E-state index in [1.165, 1.54) is 0 Å². The lowest BCUT2D eigenvalue weighted by atomic mass is 10.1. The first-order valence-electron chi connectivity index (χ1n) is 9.81. The zero-order chi connectivity index (χ0) is 21.5. The predicted octanol–water partition coefficient (Wildman–Crippen LogP) is 4.40. The first kappa shape index (κ1) is 21.1. The van der Waals surface area contributed by atoms with E-state index in [0.29, 0.717) is 17.9 Å². The molecule has 30 heavy (non-hydrogen) atoms. The molecule has 7 heteroatoms. The van der Waals surface area contributed by atoms with Crippen molar-refractivity contribution >= 4 is 28.5 Å². The first-order valence-corrected chi connectivity index (χ1v) is 9.81. The van der Waals surface area contributed by atoms with Gasteiger partial charge in [-0.25, -0.2) is 4.79 Å². The fourth-order valence-electron chi connectivity index (χ4n) is 2.81. The highest BCUT2D eigenvalue weighted by Gasteiger charge is 2.16. The molecule has 156 valence electrons. The van der Waals surface area contributed by atoms with Gasteiger partial charge < -0.3 is 19.2 Å². The van der Waals surface area contributed by atoms with Crippen LogP contribution in [0.15, 0.2) is 57.7 Å². The Kier molecular flexibility index (Phi) is 6.85. The molecule has 0 aliphatic heterocycles. The summed E-state index contributed by atoms with van der Waals surface area (Å²) in [4.78, 5) is 37.0. The van der Waals surface area contributed by atoms with E-state index in [1.54, 1.807) is 49.4 Å². The summed E-state index contributed by atoms with van der Waals surface area (Å²) >= 11 is 0. The second-order valence-electron chi connectivity index (χ2n) is 6.56. The molecule has 0 unspecified atom stereocenters. The van der Waals surface area contributed by atoms with Gasteiger partial charge in [-0.3, -0.25) is 9.59 Å². The van der Waals surface area contributed by atoms with Crippen molar-refractivity contribution in [3.8, 4) is 5.75 Å². The summed E-state index contributed by atoms with van der Waals surface area (Å²) in [5.41, 5.74) is 0.410. The summed E-state index contributed by atoms with van der Waals surface area (Å²) in [6.07, 6.45) is 2.00. The van der Waals surface area contributed by atoms with Gasteiger partial charge in [0.25, 0.3) is 5.91 Å². The Morgan fingerprint density at radius 1 is 1.07 bits per heavy atom. The van der Waals surface area contributed by atoms with Crippen molar-refractivity contribution in [1.82, 2.24) is 0 Å². The Morgan fingerprint density at radius 2 is 1.83 bits per heavy atom. The summed E-state index contributed by atoms with van der Waals surface area (Å²) in [7, 11) is 0. The van der Waals surface area contributed by atoms with Crippen molar-refractivity contribution in [3.63, 3.8) is 0 Å². The second kappa shape index (κ2) is 9.73. The highest BCUT2D eigenvalue weighted by molar-refractivity contribution is 6.08. The van der Waals surface area contributed by atoms with Crippen molar-refractivity contribution in [2.45, 2.75) is 26.7 Å². The Hall–Kier alpha value is -3.61. The molecule has 3 aromatic rings. The molecule has 0 aliphatic rings. The molecule has 0 atom stereocenters. The van der Waals surface area contributed by atoms with E-state index in [1.807, 2.05) is 0 Å². The zero-order valence-electron chi connectivity index (χ0n) is 16.9. The van der Waals surface area contributed by atoms with Crippen LogP contribution in [0.1, 0.15) is 47.6 Å². The van der Waals surface area contributed by atoms with E-state index in [-0.39, 0.29) is 34.9 Å². The number of hydrogen-bond acceptors (Lipinski definition) is 6. The number of rotatable bonds is 8. The van der Waals surface area contributed by atoms with Crippen molar-refractivity contribution < 1.29 is 23.5 Å². The SMILES string of the molecule is CCCCOc1ccc(C(=O)Nc2cccc3c(=O)cc(C(=O)OCC)oc23)cc1. The molecule has 0 saturated heterocycles. The van der Waals surface area contributed by atoms with E-state index >= 15 is 0 Å². The van der Waals surface area contributed by atoms with Crippen LogP contribution in [-0.4, -0.2) is 25.1 Å². The van der Waals surface area contributed by atoms with Gasteiger partial charge in [0.1, 0.15) is 5.75 Å². The molecule has 0 fully saturated rings. The highest BCUT2D eigenvalue weighted by atomic mass is 16.5. The molecule has 0 radical (unpaired) electrons. The molecular weight excluding hydrogens is 386 g/mol. The molecule has 1 aromatic heterocycles. The number of hydrogen-bond donors (Lipinski definition) is 1. The molecule has 1 N–H and O–H groups in total. The minimum Gasteiger partial charge on any atom is -0.494 e. The number of carbonyl (C=O) groups is 2. The number of anilines is 1. The van der Waals surface area contributed by atoms with Gasteiger partial charge in [-0.2, -0.15) is 0 Å². The topological polar surface area (TPSA) is 94.8 Å². The monoisotopic (exact) mass is 409 g/mol. The van der Waals surface area contributed by atoms with Gasteiger partial charge in [0.05, 0.1) is 24.3 Å². The van der Waals surface area contributed by atoms with Gasteiger partial charge in [0.15, 0.2) is 11.0 Å². The largest absolute Gasteiger partial charge is 0.494 e. The van der Waals surface area contributed by atoms with Gasteiger partial charge in [0, 0.05) is 11.6 Å². The van der Waals surface area contributed by atoms with E-state index < -0.39 is 11.4 Å². The summed E-state index contributed by atoms with van der Waals surface area (Å²) in [6.45, 7) is 4.52. The van der Waals surface area contributed by atoms with Crippen LogP contribution in [0.5, 0.6) is 5.75 Å². The normalized spacial score (nSPS) is 10.6. The molecule has 0 saturated carbocycles. The number of benzene rings is 2. The molecule has 0 bridgehead atoms. The molecule has 7 nitrogen and oxygen atoms in total. The fourth-order valence-corrected chi connectivity index (χ4v) is 2.81. The second-order valence-corrected chi connectivity index (χ2v) is 6.56. The van der Waals surface area contributed by atoms with Crippen LogP contribution in [0.25, 0.3) is 11.0 Å². The smallest absolute Gasteiger partial charge is 0.374 e. The standard InChI is InChI=1S/C23H23NO6/c1-3-5-13-29-16-11-9-15(10-12-16)22(26)24-18-8-6-7-17-19(25)14-20(30-21(17)18)23(27)28-4-2/h6-12,14H,3-5,13H2,1-2H3,(H,24,26). The molecule has 0 aliphatic carbocycles. The van der Waals surface area contributed by atoms with Crippen LogP contribution < -0.4 is 15.5 Å². The van der Waals surface area contributed by atoms with Crippen LogP contribution in [0.2, 0.25) is 0 Å². The van der Waals surface area contributed by atoms with E-state index in [9.17, 15) is 14.4 Å². The highest BCUT2D eigenvalue weighted by Crippen LogP contribution is 2.24. The van der Waals surface area contributed by atoms with Crippen molar-refractivity contribution in [1.29, 1.82) is 0 Å². The lowest BCUT2D eigenvalue weighted by molar-refractivity contribution is 0.0490. The lowest BCUT2D eigenvalue weighted by Gasteiger charge is -2.10. The maximum Gasteiger partial charge on any atom is 0.374 e. The minimum atomic E-state index is -0.740. The van der Waals surface area contributed by atoms with Crippen molar-refractivity contribution in [2.75, 3.05) is 18.5 Å². The molecule has 1 heterocycles. The van der Waals surface area contributed by atoms with Gasteiger partial charge in [-0.05, 0) is 49.7 Å². The minimum absolute atomic E-state index is 0.112. The van der Waals surface area contributed by atoms with Crippen molar-refractivity contribution in [2.24, 2.45) is 0 Å². The molecule has 3 rings (SSSR count). The van der Waals surface area contributed by atoms with Crippen LogP contribution in [0, 0.1) is 0 Å². The van der Waals surface area contributed by atoms with E-state index in [0.717, 1.165) is 18.9 Å². The Bertz CT molecular complexity index is 1100. The number of para-hydroxylation sites is 1. The van der Waals surface area contributed by atoms with Crippen LogP contribution in [0.4, 0.5) is 5.69 Å². The molecule has 1 amide bonds. The third kappa shape index (κ3) is 4.86. The third-order valence-electron chi connectivity index (χ3n) is 4.36. The van der Waals surface area contributed by atoms with Gasteiger partial charge in [-0.15, -0.1) is 0 Å². The summed E-state index contributed by atoms with van der Waals surface area (Å²) < 4.78 is 16.1. The maximum atomic E-state index is 12.7. The lowest BCUT2D eigenvalue weighted by Crippen LogP contribution is -2.14. The molecule has 0 spiro atoms. The van der Waals surface area contributed by atoms with Gasteiger partial charge >= 0.3 is 5.97 Å². The van der Waals surface area contributed by atoms with E-state index in [2.05, 4.69) is 12.2 Å². The number of amides is 1. The summed E-state index contributed by atoms with van der Waals surface area (Å²) in [5, 5.41) is 2.98. The first-order chi connectivity index (χ1) is 14.5. The number of esters is 1. The molecular formula is C23H23NO6. The third-order valence-corrected chi connectivity index (χ3v) is 4.36. The summed E-state index contributed by atoms with van der Waals surface area (Å²) in [6, 6.07) is 12.6. The van der Waals surface area contributed by atoms with Gasteiger partial charge in [-0.1, -0.05) is 19.4 Å². The number of unbranched alkanes of at least 4 members (excludes halogenated alkanes) is 1. The van der Waals surface area contributed by atoms with Gasteiger partial charge in [0.2, 0.25) is 5.76 Å². The van der Waals surface area contributed by atoms with E-state index in [4.69, 9.17) is 13.9 Å². The Labute approximate surface area is 173 Å². The predicted molar refractivity (Wildman–Crippen MR) is 113 cm³/mol. The average Bonchev–Trinajstić information content (AvgIpc) is 2.75. The van der Waals surface area contributed by atoms with Crippen molar-refractivity contribution in [3.05, 3.63) is 70.1 Å². The average molecular weight is 409 g/mol. The maximum absolute atomic E-state index is 12.7. The summed E-state index contributed by atoms with van der Waals surface area (Å²) in [5.74, 6) is -0.650. The fraction of sp³-hybridized carbons (Fsp3) is 0.261. The zero-order valence-corrected chi connectivity index (χ0v) is 16.9. The van der Waals surface area contributed by atoms with Crippen LogP contribution >= 0.6 is 0 Å². The Morgan fingerprint density at radius 3 is 2.53 bits per heavy atom.